The van der Waals surface area contributed by atoms with E-state index in [9.17, 15) is 14.4 Å². The summed E-state index contributed by atoms with van der Waals surface area (Å²) in [5, 5.41) is 6.71. The SMILES string of the molecule is CC(NC(=O)CN1C(=O)NC(C)(c2ccc(Cl)cc2)C1=O)c1ccc(Cl)c(Cl)c1. The topological polar surface area (TPSA) is 78.5 Å². The van der Waals surface area contributed by atoms with Crippen LogP contribution >= 0.6 is 34.8 Å². The molecule has 152 valence electrons. The minimum atomic E-state index is -1.27. The third-order valence-corrected chi connectivity index (χ3v) is 5.81. The molecule has 0 spiro atoms. The van der Waals surface area contributed by atoms with Crippen molar-refractivity contribution < 1.29 is 14.4 Å². The largest absolute Gasteiger partial charge is 0.348 e. The molecule has 2 atom stereocenters. The van der Waals surface area contributed by atoms with Gasteiger partial charge in [-0.1, -0.05) is 53.0 Å². The highest BCUT2D eigenvalue weighted by Crippen LogP contribution is 2.30. The zero-order valence-corrected chi connectivity index (χ0v) is 17.9. The van der Waals surface area contributed by atoms with Gasteiger partial charge in [0.05, 0.1) is 16.1 Å². The van der Waals surface area contributed by atoms with Crippen LogP contribution in [-0.4, -0.2) is 29.3 Å². The number of benzene rings is 2. The summed E-state index contributed by atoms with van der Waals surface area (Å²) in [4.78, 5) is 38.6. The van der Waals surface area contributed by atoms with Crippen LogP contribution < -0.4 is 10.6 Å². The van der Waals surface area contributed by atoms with Crippen LogP contribution in [0.3, 0.4) is 0 Å². The number of imide groups is 1. The van der Waals surface area contributed by atoms with E-state index in [2.05, 4.69) is 10.6 Å². The number of nitrogens with zero attached hydrogens (tertiary/aromatic N) is 1. The van der Waals surface area contributed by atoms with Gasteiger partial charge >= 0.3 is 6.03 Å². The normalized spacial score (nSPS) is 19.8. The number of nitrogens with one attached hydrogen (secondary N) is 2. The Bertz CT molecular complexity index is 981. The maximum Gasteiger partial charge on any atom is 0.325 e. The maximum atomic E-state index is 12.9. The van der Waals surface area contributed by atoms with Crippen LogP contribution in [0.15, 0.2) is 42.5 Å². The van der Waals surface area contributed by atoms with Crippen molar-refractivity contribution in [1.29, 1.82) is 0 Å². The lowest BCUT2D eigenvalue weighted by Crippen LogP contribution is -2.43. The number of carbonyl (C=O) groups excluding carboxylic acids is 3. The molecule has 0 bridgehead atoms. The van der Waals surface area contributed by atoms with Gasteiger partial charge in [0.1, 0.15) is 12.1 Å². The highest BCUT2D eigenvalue weighted by molar-refractivity contribution is 6.42. The molecule has 2 aromatic rings. The van der Waals surface area contributed by atoms with Gasteiger partial charge in [-0.15, -0.1) is 0 Å². The highest BCUT2D eigenvalue weighted by atomic mass is 35.5. The first-order valence-corrected chi connectivity index (χ1v) is 9.89. The lowest BCUT2D eigenvalue weighted by molar-refractivity contribution is -0.135. The van der Waals surface area contributed by atoms with Crippen molar-refractivity contribution >= 4 is 52.6 Å². The number of hydrogen-bond donors (Lipinski definition) is 2. The van der Waals surface area contributed by atoms with Crippen LogP contribution in [0.25, 0.3) is 0 Å². The van der Waals surface area contributed by atoms with Crippen molar-refractivity contribution in [2.75, 3.05) is 6.54 Å². The quantitative estimate of drug-likeness (QED) is 0.662. The van der Waals surface area contributed by atoms with E-state index in [0.29, 0.717) is 20.6 Å². The van der Waals surface area contributed by atoms with Crippen LogP contribution in [0, 0.1) is 0 Å². The fourth-order valence-electron chi connectivity index (χ4n) is 3.12. The van der Waals surface area contributed by atoms with Gasteiger partial charge in [0, 0.05) is 5.02 Å². The molecule has 2 N–H and O–H groups in total. The Kier molecular flexibility index (Phi) is 6.08. The van der Waals surface area contributed by atoms with E-state index in [1.54, 1.807) is 56.3 Å². The molecule has 1 fully saturated rings. The number of halogens is 3. The lowest BCUT2D eigenvalue weighted by atomic mass is 9.92. The molecule has 1 aliphatic heterocycles. The number of urea groups is 1. The summed E-state index contributed by atoms with van der Waals surface area (Å²) in [5.74, 6) is -0.991. The third kappa shape index (κ3) is 4.34. The molecule has 0 aliphatic carbocycles. The standard InChI is InChI=1S/C20H18Cl3N3O3/c1-11(12-3-8-15(22)16(23)9-12)24-17(27)10-26-18(28)20(2,25-19(26)29)13-4-6-14(21)7-5-13/h3-9,11H,10H2,1-2H3,(H,24,27)(H,25,29). The first kappa shape index (κ1) is 21.4. The summed E-state index contributed by atoms with van der Waals surface area (Å²) >= 11 is 17.8. The average Bonchev–Trinajstić information content (AvgIpc) is 2.88. The zero-order valence-electron chi connectivity index (χ0n) is 15.6. The van der Waals surface area contributed by atoms with Gasteiger partial charge in [0.15, 0.2) is 0 Å². The maximum absolute atomic E-state index is 12.9. The molecule has 4 amide bonds. The van der Waals surface area contributed by atoms with Crippen molar-refractivity contribution in [3.05, 3.63) is 68.7 Å². The summed E-state index contributed by atoms with van der Waals surface area (Å²) in [6.07, 6.45) is 0. The molecule has 0 radical (unpaired) electrons. The fourth-order valence-corrected chi connectivity index (χ4v) is 3.55. The number of rotatable bonds is 5. The molecule has 0 saturated carbocycles. The second kappa shape index (κ2) is 8.22. The molecule has 6 nitrogen and oxygen atoms in total. The average molecular weight is 455 g/mol. The first-order valence-electron chi connectivity index (χ1n) is 8.76. The predicted octanol–water partition coefficient (Wildman–Crippen LogP) is 4.29. The Balaban J connectivity index is 1.70. The van der Waals surface area contributed by atoms with Crippen LogP contribution in [0.5, 0.6) is 0 Å². The van der Waals surface area contributed by atoms with E-state index in [-0.39, 0.29) is 6.04 Å². The molecule has 0 aromatic heterocycles. The second-order valence-corrected chi connectivity index (χ2v) is 8.17. The molecular weight excluding hydrogens is 437 g/mol. The van der Waals surface area contributed by atoms with Crippen LogP contribution in [-0.2, 0) is 15.1 Å². The minimum Gasteiger partial charge on any atom is -0.348 e. The zero-order chi connectivity index (χ0) is 21.3. The fraction of sp³-hybridized carbons (Fsp3) is 0.250. The van der Waals surface area contributed by atoms with Crippen molar-refractivity contribution in [1.82, 2.24) is 15.5 Å². The molecule has 1 saturated heterocycles. The van der Waals surface area contributed by atoms with E-state index in [0.717, 1.165) is 10.5 Å². The van der Waals surface area contributed by atoms with Gasteiger partial charge in [0.25, 0.3) is 5.91 Å². The first-order chi connectivity index (χ1) is 13.6. The highest BCUT2D eigenvalue weighted by Gasteiger charge is 2.49. The number of amides is 4. The summed E-state index contributed by atoms with van der Waals surface area (Å²) in [5.41, 5.74) is 0.0559. The predicted molar refractivity (Wildman–Crippen MR) is 112 cm³/mol. The Morgan fingerprint density at radius 1 is 1.10 bits per heavy atom. The number of hydrogen-bond acceptors (Lipinski definition) is 3. The Morgan fingerprint density at radius 2 is 1.76 bits per heavy atom. The molecule has 9 heteroatoms. The Hall–Kier alpha value is -2.28. The third-order valence-electron chi connectivity index (χ3n) is 4.82. The monoisotopic (exact) mass is 453 g/mol. The minimum absolute atomic E-state index is 0.373. The van der Waals surface area contributed by atoms with Gasteiger partial charge in [-0.05, 0) is 49.2 Å². The summed E-state index contributed by atoms with van der Waals surface area (Å²) in [6.45, 7) is 2.95. The molecule has 2 unspecified atom stereocenters. The molecule has 1 heterocycles. The van der Waals surface area contributed by atoms with Gasteiger partial charge in [-0.2, -0.15) is 0 Å². The lowest BCUT2D eigenvalue weighted by Gasteiger charge is -2.22. The smallest absolute Gasteiger partial charge is 0.325 e. The summed E-state index contributed by atoms with van der Waals surface area (Å²) in [6, 6.07) is 10.6. The van der Waals surface area contributed by atoms with Crippen molar-refractivity contribution in [2.45, 2.75) is 25.4 Å². The summed E-state index contributed by atoms with van der Waals surface area (Å²) < 4.78 is 0. The summed E-state index contributed by atoms with van der Waals surface area (Å²) in [7, 11) is 0. The van der Waals surface area contributed by atoms with Crippen molar-refractivity contribution in [3.63, 3.8) is 0 Å². The number of carbonyl (C=O) groups is 3. The molecular formula is C20H18Cl3N3O3. The van der Waals surface area contributed by atoms with Gasteiger partial charge in [-0.3, -0.25) is 14.5 Å². The molecule has 3 rings (SSSR count). The van der Waals surface area contributed by atoms with E-state index < -0.39 is 29.9 Å². The van der Waals surface area contributed by atoms with E-state index >= 15 is 0 Å². The van der Waals surface area contributed by atoms with Crippen LogP contribution in [0.4, 0.5) is 4.79 Å². The Labute approximate surface area is 183 Å². The van der Waals surface area contributed by atoms with Gasteiger partial charge < -0.3 is 10.6 Å². The van der Waals surface area contributed by atoms with Crippen LogP contribution in [0.1, 0.15) is 31.0 Å². The Morgan fingerprint density at radius 3 is 2.38 bits per heavy atom. The van der Waals surface area contributed by atoms with Gasteiger partial charge in [-0.25, -0.2) is 4.79 Å². The van der Waals surface area contributed by atoms with Crippen molar-refractivity contribution in [3.8, 4) is 0 Å². The molecule has 1 aliphatic rings. The van der Waals surface area contributed by atoms with E-state index in [1.165, 1.54) is 0 Å². The second-order valence-electron chi connectivity index (χ2n) is 6.92. The van der Waals surface area contributed by atoms with Gasteiger partial charge in [0.2, 0.25) is 5.91 Å². The molecule has 29 heavy (non-hydrogen) atoms. The van der Waals surface area contributed by atoms with E-state index in [1.807, 2.05) is 0 Å². The molecule has 2 aromatic carbocycles. The van der Waals surface area contributed by atoms with E-state index in [4.69, 9.17) is 34.8 Å². The van der Waals surface area contributed by atoms with Crippen LogP contribution in [0.2, 0.25) is 15.1 Å². The van der Waals surface area contributed by atoms with Crippen molar-refractivity contribution in [2.24, 2.45) is 0 Å².